The summed E-state index contributed by atoms with van der Waals surface area (Å²) in [6.07, 6.45) is 0. The maximum atomic E-state index is 10.5. The van der Waals surface area contributed by atoms with Crippen molar-refractivity contribution in [3.8, 4) is 0 Å². The van der Waals surface area contributed by atoms with Crippen LogP contribution in [0.1, 0.15) is 11.1 Å². The van der Waals surface area contributed by atoms with Gasteiger partial charge in [-0.1, -0.05) is 0 Å². The number of nitro benzene ring substituents is 1. The molecule has 0 saturated carbocycles. The molecule has 1 N–H and O–H groups in total. The summed E-state index contributed by atoms with van der Waals surface area (Å²) >= 11 is 1.68. The number of hydrogen-bond donors (Lipinski definition) is 1. The van der Waals surface area contributed by atoms with E-state index in [1.807, 2.05) is 0 Å². The van der Waals surface area contributed by atoms with E-state index in [9.17, 15) is 10.1 Å². The number of nitro groups is 1. The molecule has 5 heteroatoms. The Morgan fingerprint density at radius 2 is 2.00 bits per heavy atom. The summed E-state index contributed by atoms with van der Waals surface area (Å²) in [7, 11) is 0. The Kier molecular flexibility index (Phi) is 3.39. The number of nitrogens with zero attached hydrogens (tertiary/aromatic N) is 1. The molecule has 17 heavy (non-hydrogen) atoms. The summed E-state index contributed by atoms with van der Waals surface area (Å²) in [5, 5.41) is 17.9. The molecule has 0 aliphatic heterocycles. The van der Waals surface area contributed by atoms with Crippen LogP contribution in [0.4, 0.5) is 11.4 Å². The summed E-state index contributed by atoms with van der Waals surface area (Å²) in [5.74, 6) is 0. The number of thiophene rings is 1. The van der Waals surface area contributed by atoms with Gasteiger partial charge in [-0.3, -0.25) is 10.1 Å². The van der Waals surface area contributed by atoms with Gasteiger partial charge in [0.2, 0.25) is 0 Å². The zero-order chi connectivity index (χ0) is 12.3. The van der Waals surface area contributed by atoms with Crippen molar-refractivity contribution in [3.63, 3.8) is 0 Å². The third kappa shape index (κ3) is 2.82. The number of rotatable bonds is 4. The molecule has 0 radical (unpaired) electrons. The minimum atomic E-state index is -0.396. The van der Waals surface area contributed by atoms with Crippen LogP contribution in [0, 0.1) is 17.0 Å². The third-order valence-electron chi connectivity index (χ3n) is 2.52. The molecule has 88 valence electrons. The van der Waals surface area contributed by atoms with Crippen LogP contribution >= 0.6 is 11.3 Å². The van der Waals surface area contributed by atoms with Crippen LogP contribution in [0.15, 0.2) is 35.0 Å². The van der Waals surface area contributed by atoms with Crippen LogP contribution in [-0.2, 0) is 6.54 Å². The lowest BCUT2D eigenvalue weighted by Crippen LogP contribution is -1.99. The summed E-state index contributed by atoms with van der Waals surface area (Å²) in [4.78, 5) is 10.1. The Morgan fingerprint density at radius 3 is 2.53 bits per heavy atom. The van der Waals surface area contributed by atoms with E-state index >= 15 is 0 Å². The van der Waals surface area contributed by atoms with E-state index in [4.69, 9.17) is 0 Å². The van der Waals surface area contributed by atoms with Gasteiger partial charge in [-0.2, -0.15) is 11.3 Å². The van der Waals surface area contributed by atoms with Gasteiger partial charge in [0.1, 0.15) is 0 Å². The van der Waals surface area contributed by atoms with E-state index in [0.717, 1.165) is 12.2 Å². The summed E-state index contributed by atoms with van der Waals surface area (Å²) < 4.78 is 0. The van der Waals surface area contributed by atoms with Crippen molar-refractivity contribution in [2.24, 2.45) is 0 Å². The van der Waals surface area contributed by atoms with Crippen LogP contribution in [0.5, 0.6) is 0 Å². The fourth-order valence-electron chi connectivity index (χ4n) is 1.47. The highest BCUT2D eigenvalue weighted by Crippen LogP contribution is 2.18. The fourth-order valence-corrected chi connectivity index (χ4v) is 2.32. The molecular formula is C12H12N2O2S. The first-order chi connectivity index (χ1) is 8.16. The van der Waals surface area contributed by atoms with Gasteiger partial charge in [0.15, 0.2) is 0 Å². The van der Waals surface area contributed by atoms with Crippen molar-refractivity contribution in [1.82, 2.24) is 0 Å². The lowest BCUT2D eigenvalue weighted by Gasteiger charge is -2.05. The van der Waals surface area contributed by atoms with Crippen molar-refractivity contribution in [3.05, 3.63) is 56.3 Å². The van der Waals surface area contributed by atoms with Crippen LogP contribution in [-0.4, -0.2) is 4.92 Å². The molecule has 4 nitrogen and oxygen atoms in total. The molecule has 2 aromatic rings. The second-order valence-corrected chi connectivity index (χ2v) is 4.48. The third-order valence-corrected chi connectivity index (χ3v) is 3.43. The zero-order valence-electron chi connectivity index (χ0n) is 9.34. The van der Waals surface area contributed by atoms with Gasteiger partial charge in [-0.25, -0.2) is 0 Å². The van der Waals surface area contributed by atoms with Gasteiger partial charge in [0.05, 0.1) is 4.92 Å². The largest absolute Gasteiger partial charge is 0.381 e. The average Bonchev–Trinajstić information content (AvgIpc) is 2.73. The van der Waals surface area contributed by atoms with E-state index in [1.165, 1.54) is 23.3 Å². The molecule has 0 aliphatic rings. The summed E-state index contributed by atoms with van der Waals surface area (Å²) in [6, 6.07) is 6.45. The second-order valence-electron chi connectivity index (χ2n) is 3.74. The molecule has 0 unspecified atom stereocenters. The Hall–Kier alpha value is -1.88. The molecule has 0 atom stereocenters. The quantitative estimate of drug-likeness (QED) is 0.664. The van der Waals surface area contributed by atoms with Crippen molar-refractivity contribution < 1.29 is 4.92 Å². The van der Waals surface area contributed by atoms with Crippen LogP contribution in [0.3, 0.4) is 0 Å². The first kappa shape index (κ1) is 11.6. The molecule has 0 spiro atoms. The molecule has 0 saturated heterocycles. The predicted octanol–water partition coefficient (Wildman–Crippen LogP) is 3.58. The van der Waals surface area contributed by atoms with Crippen molar-refractivity contribution in [2.45, 2.75) is 13.5 Å². The molecule has 1 heterocycles. The van der Waals surface area contributed by atoms with Gasteiger partial charge >= 0.3 is 0 Å². The lowest BCUT2D eigenvalue weighted by molar-refractivity contribution is -0.384. The molecule has 2 rings (SSSR count). The van der Waals surface area contributed by atoms with Crippen LogP contribution < -0.4 is 5.32 Å². The number of nitrogens with one attached hydrogen (secondary N) is 1. The number of aryl methyl sites for hydroxylation is 1. The molecule has 0 bridgehead atoms. The number of benzene rings is 1. The second kappa shape index (κ2) is 4.97. The molecule has 1 aromatic carbocycles. The standard InChI is InChI=1S/C12H12N2O2S/c1-9-7-17-8-10(9)6-13-11-2-4-12(5-3-11)14(15)16/h2-5,7-8,13H,6H2,1H3. The first-order valence-corrected chi connectivity index (χ1v) is 6.11. The highest BCUT2D eigenvalue weighted by atomic mass is 32.1. The minimum absolute atomic E-state index is 0.113. The minimum Gasteiger partial charge on any atom is -0.381 e. The Bertz CT molecular complexity index is 520. The van der Waals surface area contributed by atoms with Gasteiger partial charge in [-0.05, 0) is 40.9 Å². The van der Waals surface area contributed by atoms with E-state index in [-0.39, 0.29) is 5.69 Å². The topological polar surface area (TPSA) is 55.2 Å². The molecular weight excluding hydrogens is 236 g/mol. The average molecular weight is 248 g/mol. The Morgan fingerprint density at radius 1 is 1.29 bits per heavy atom. The van der Waals surface area contributed by atoms with E-state index in [1.54, 1.807) is 23.5 Å². The lowest BCUT2D eigenvalue weighted by atomic mass is 10.2. The van der Waals surface area contributed by atoms with Gasteiger partial charge < -0.3 is 5.32 Å². The predicted molar refractivity (Wildman–Crippen MR) is 69.5 cm³/mol. The van der Waals surface area contributed by atoms with Crippen LogP contribution in [0.2, 0.25) is 0 Å². The van der Waals surface area contributed by atoms with Crippen LogP contribution in [0.25, 0.3) is 0 Å². The maximum Gasteiger partial charge on any atom is 0.269 e. The van der Waals surface area contributed by atoms with Crippen molar-refractivity contribution >= 4 is 22.7 Å². The summed E-state index contributed by atoms with van der Waals surface area (Å²) in [6.45, 7) is 2.82. The van der Waals surface area contributed by atoms with Gasteiger partial charge in [0.25, 0.3) is 5.69 Å². The Balaban J connectivity index is 2.00. The normalized spacial score (nSPS) is 10.2. The summed E-state index contributed by atoms with van der Waals surface area (Å²) in [5.41, 5.74) is 3.53. The number of hydrogen-bond acceptors (Lipinski definition) is 4. The molecule has 0 aliphatic carbocycles. The zero-order valence-corrected chi connectivity index (χ0v) is 10.2. The van der Waals surface area contributed by atoms with Crippen molar-refractivity contribution in [2.75, 3.05) is 5.32 Å². The van der Waals surface area contributed by atoms with E-state index in [0.29, 0.717) is 0 Å². The number of anilines is 1. The molecule has 1 aromatic heterocycles. The highest BCUT2D eigenvalue weighted by Gasteiger charge is 2.04. The number of non-ortho nitro benzene ring substituents is 1. The van der Waals surface area contributed by atoms with E-state index in [2.05, 4.69) is 23.0 Å². The smallest absolute Gasteiger partial charge is 0.269 e. The van der Waals surface area contributed by atoms with Gasteiger partial charge in [-0.15, -0.1) is 0 Å². The van der Waals surface area contributed by atoms with Crippen molar-refractivity contribution in [1.29, 1.82) is 0 Å². The first-order valence-electron chi connectivity index (χ1n) is 5.17. The van der Waals surface area contributed by atoms with E-state index < -0.39 is 4.92 Å². The van der Waals surface area contributed by atoms with Gasteiger partial charge in [0, 0.05) is 24.4 Å². The SMILES string of the molecule is Cc1cscc1CNc1ccc([N+](=O)[O-])cc1. The maximum absolute atomic E-state index is 10.5. The molecule has 0 amide bonds. The Labute approximate surface area is 103 Å². The highest BCUT2D eigenvalue weighted by molar-refractivity contribution is 7.08. The fraction of sp³-hybridized carbons (Fsp3) is 0.167. The molecule has 0 fully saturated rings. The monoisotopic (exact) mass is 248 g/mol.